The number of pyridine rings is 1. The summed E-state index contributed by atoms with van der Waals surface area (Å²) in [6.45, 7) is 0. The number of carbonyl (C=O) groups is 1. The zero-order valence-electron chi connectivity index (χ0n) is 18.9. The Morgan fingerprint density at radius 1 is 0.912 bits per heavy atom. The van der Waals surface area contributed by atoms with Gasteiger partial charge >= 0.3 is 5.97 Å². The normalized spacial score (nSPS) is 26.9. The predicted molar refractivity (Wildman–Crippen MR) is 136 cm³/mol. The monoisotopic (exact) mass is 473 g/mol. The van der Waals surface area contributed by atoms with Gasteiger partial charge in [0, 0.05) is 0 Å². The number of anilines is 4. The maximum absolute atomic E-state index is 11.4. The molecular formula is C28H28ClN3O2. The van der Waals surface area contributed by atoms with E-state index in [9.17, 15) is 9.90 Å². The summed E-state index contributed by atoms with van der Waals surface area (Å²) in [5.41, 5.74) is 4.15. The fraction of sp³-hybridized carbons (Fsp3) is 0.357. The molecule has 0 radical (unpaired) electrons. The molecule has 6 heteroatoms. The standard InChI is InChI=1S/C28H28ClN3O2/c29-23-12-20(28-13-17-9-18(14-28)11-19(10-17)15-28)5-7-25(23)31-21-6-8-26(30-16-21)32-24-4-2-1-3-22(24)27(33)34/h1-8,12,16-19,31H,9-11,13-15H2,(H,30,32)(H,33,34). The smallest absolute Gasteiger partial charge is 0.337 e. The number of aromatic nitrogens is 1. The number of carboxylic acid groups (broad SMARTS) is 1. The molecule has 4 aliphatic carbocycles. The number of nitrogens with zero attached hydrogens (tertiary/aromatic N) is 1. The summed E-state index contributed by atoms with van der Waals surface area (Å²) in [6, 6.07) is 17.1. The second kappa shape index (κ2) is 8.31. The van der Waals surface area contributed by atoms with Gasteiger partial charge in [0.05, 0.1) is 33.8 Å². The highest BCUT2D eigenvalue weighted by molar-refractivity contribution is 6.33. The van der Waals surface area contributed by atoms with Crippen LogP contribution in [0, 0.1) is 17.8 Å². The van der Waals surface area contributed by atoms with E-state index in [-0.39, 0.29) is 5.56 Å². The van der Waals surface area contributed by atoms with Gasteiger partial charge in [-0.15, -0.1) is 0 Å². The van der Waals surface area contributed by atoms with Crippen molar-refractivity contribution in [3.05, 3.63) is 76.9 Å². The summed E-state index contributed by atoms with van der Waals surface area (Å²) in [6.07, 6.45) is 10.0. The highest BCUT2D eigenvalue weighted by Gasteiger charge is 2.51. The largest absolute Gasteiger partial charge is 0.478 e. The molecule has 0 unspecified atom stereocenters. The minimum atomic E-state index is -0.979. The van der Waals surface area contributed by atoms with Crippen LogP contribution in [0.25, 0.3) is 0 Å². The van der Waals surface area contributed by atoms with E-state index in [4.69, 9.17) is 11.6 Å². The highest BCUT2D eigenvalue weighted by Crippen LogP contribution is 2.61. The first-order valence-electron chi connectivity index (χ1n) is 12.1. The van der Waals surface area contributed by atoms with Crippen molar-refractivity contribution in [3.8, 4) is 0 Å². The Kier molecular flexibility index (Phi) is 5.25. The van der Waals surface area contributed by atoms with Crippen LogP contribution in [-0.4, -0.2) is 16.1 Å². The van der Waals surface area contributed by atoms with Gasteiger partial charge in [0.25, 0.3) is 0 Å². The van der Waals surface area contributed by atoms with Crippen LogP contribution in [0.4, 0.5) is 22.9 Å². The van der Waals surface area contributed by atoms with Crippen molar-refractivity contribution >= 4 is 40.5 Å². The Morgan fingerprint density at radius 3 is 2.24 bits per heavy atom. The molecule has 3 aromatic rings. The molecule has 0 saturated heterocycles. The number of halogens is 1. The van der Waals surface area contributed by atoms with E-state index in [2.05, 4.69) is 33.8 Å². The Morgan fingerprint density at radius 2 is 1.62 bits per heavy atom. The SMILES string of the molecule is O=C(O)c1ccccc1Nc1ccc(Nc2ccc(C34CC5CC(CC(C5)C3)C4)cc2Cl)cn1. The molecule has 3 N–H and O–H groups in total. The first-order valence-corrected chi connectivity index (χ1v) is 12.5. The second-order valence-electron chi connectivity index (χ2n) is 10.4. The van der Waals surface area contributed by atoms with Crippen molar-refractivity contribution in [1.29, 1.82) is 0 Å². The van der Waals surface area contributed by atoms with Gasteiger partial charge in [-0.05, 0) is 104 Å². The van der Waals surface area contributed by atoms with Gasteiger partial charge in [-0.2, -0.15) is 0 Å². The van der Waals surface area contributed by atoms with Gasteiger partial charge in [-0.25, -0.2) is 9.78 Å². The first kappa shape index (κ1) is 21.5. The third-order valence-corrected chi connectivity index (χ3v) is 8.40. The summed E-state index contributed by atoms with van der Waals surface area (Å²) >= 11 is 6.75. The Labute approximate surface area is 204 Å². The maximum Gasteiger partial charge on any atom is 0.337 e. The van der Waals surface area contributed by atoms with Gasteiger partial charge in [-0.1, -0.05) is 29.8 Å². The molecule has 4 bridgehead atoms. The van der Waals surface area contributed by atoms with E-state index in [0.717, 1.165) is 34.2 Å². The van der Waals surface area contributed by atoms with E-state index in [1.807, 2.05) is 12.1 Å². The van der Waals surface area contributed by atoms with Crippen LogP contribution in [0.15, 0.2) is 60.8 Å². The minimum absolute atomic E-state index is 0.206. The second-order valence-corrected chi connectivity index (χ2v) is 10.8. The molecule has 0 atom stereocenters. The van der Waals surface area contributed by atoms with Gasteiger partial charge in [0.2, 0.25) is 0 Å². The Hall–Kier alpha value is -3.05. The molecule has 2 aromatic carbocycles. The molecule has 1 aromatic heterocycles. The fourth-order valence-electron chi connectivity index (χ4n) is 7.02. The number of rotatable bonds is 6. The summed E-state index contributed by atoms with van der Waals surface area (Å²) < 4.78 is 0. The predicted octanol–water partition coefficient (Wildman–Crippen LogP) is 7.39. The zero-order valence-corrected chi connectivity index (χ0v) is 19.7. The lowest BCUT2D eigenvalue weighted by Crippen LogP contribution is -2.48. The van der Waals surface area contributed by atoms with Crippen molar-refractivity contribution in [1.82, 2.24) is 4.98 Å². The number of para-hydroxylation sites is 1. The molecule has 4 fully saturated rings. The van der Waals surface area contributed by atoms with Crippen molar-refractivity contribution < 1.29 is 9.90 Å². The van der Waals surface area contributed by atoms with Crippen LogP contribution >= 0.6 is 11.6 Å². The molecule has 0 aliphatic heterocycles. The fourth-order valence-corrected chi connectivity index (χ4v) is 7.25. The number of hydrogen-bond acceptors (Lipinski definition) is 4. The van der Waals surface area contributed by atoms with Crippen molar-refractivity contribution in [2.24, 2.45) is 17.8 Å². The number of hydrogen-bond donors (Lipinski definition) is 3. The van der Waals surface area contributed by atoms with Gasteiger partial charge in [-0.3, -0.25) is 0 Å². The summed E-state index contributed by atoms with van der Waals surface area (Å²) in [5, 5.41) is 16.6. The van der Waals surface area contributed by atoms with Crippen LogP contribution < -0.4 is 10.6 Å². The molecule has 1 heterocycles. The van der Waals surface area contributed by atoms with Gasteiger partial charge in [0.1, 0.15) is 5.82 Å². The molecule has 5 nitrogen and oxygen atoms in total. The molecule has 0 amide bonds. The van der Waals surface area contributed by atoms with Crippen LogP contribution in [-0.2, 0) is 5.41 Å². The lowest BCUT2D eigenvalue weighted by Gasteiger charge is -2.57. The maximum atomic E-state index is 11.4. The zero-order chi connectivity index (χ0) is 23.3. The molecule has 7 rings (SSSR count). The number of benzene rings is 2. The first-order chi connectivity index (χ1) is 16.5. The number of aromatic carboxylic acids is 1. The summed E-state index contributed by atoms with van der Waals surface area (Å²) in [4.78, 5) is 15.9. The van der Waals surface area contributed by atoms with E-state index < -0.39 is 5.97 Å². The Bertz CT molecular complexity index is 1210. The molecule has 0 spiro atoms. The average molecular weight is 474 g/mol. The van der Waals surface area contributed by atoms with E-state index in [0.29, 0.717) is 16.9 Å². The van der Waals surface area contributed by atoms with Crippen molar-refractivity contribution in [2.45, 2.75) is 43.9 Å². The molecule has 4 aliphatic rings. The molecule has 34 heavy (non-hydrogen) atoms. The lowest BCUT2D eigenvalue weighted by molar-refractivity contribution is -0.00518. The lowest BCUT2D eigenvalue weighted by atomic mass is 9.48. The third-order valence-electron chi connectivity index (χ3n) is 8.08. The van der Waals surface area contributed by atoms with E-state index in [1.165, 1.54) is 44.1 Å². The van der Waals surface area contributed by atoms with Crippen LogP contribution in [0.2, 0.25) is 5.02 Å². The highest BCUT2D eigenvalue weighted by atomic mass is 35.5. The van der Waals surface area contributed by atoms with Crippen molar-refractivity contribution in [2.75, 3.05) is 10.6 Å². The van der Waals surface area contributed by atoms with Crippen LogP contribution in [0.3, 0.4) is 0 Å². The number of nitrogens with one attached hydrogen (secondary N) is 2. The van der Waals surface area contributed by atoms with Crippen LogP contribution in [0.1, 0.15) is 54.4 Å². The van der Waals surface area contributed by atoms with E-state index >= 15 is 0 Å². The molecule has 174 valence electrons. The summed E-state index contributed by atoms with van der Waals surface area (Å²) in [7, 11) is 0. The van der Waals surface area contributed by atoms with Crippen molar-refractivity contribution in [3.63, 3.8) is 0 Å². The minimum Gasteiger partial charge on any atom is -0.478 e. The molecular weight excluding hydrogens is 446 g/mol. The van der Waals surface area contributed by atoms with E-state index in [1.54, 1.807) is 30.5 Å². The van der Waals surface area contributed by atoms with Gasteiger partial charge in [0.15, 0.2) is 0 Å². The molecule has 4 saturated carbocycles. The Balaban J connectivity index is 1.17. The number of carboxylic acids is 1. The van der Waals surface area contributed by atoms with Gasteiger partial charge < -0.3 is 15.7 Å². The summed E-state index contributed by atoms with van der Waals surface area (Å²) in [5.74, 6) is 2.31. The third kappa shape index (κ3) is 3.92. The topological polar surface area (TPSA) is 74.2 Å². The average Bonchev–Trinajstić information content (AvgIpc) is 2.81. The quantitative estimate of drug-likeness (QED) is 0.348. The van der Waals surface area contributed by atoms with Crippen LogP contribution in [0.5, 0.6) is 0 Å².